The number of ether oxygens (including phenoxy) is 4. The number of hydrogen-bond acceptors (Lipinski definition) is 7. The van der Waals surface area contributed by atoms with Gasteiger partial charge in [0.15, 0.2) is 11.5 Å². The van der Waals surface area contributed by atoms with Gasteiger partial charge in [-0.15, -0.1) is 0 Å². The van der Waals surface area contributed by atoms with Gasteiger partial charge in [-0.25, -0.2) is 15.0 Å². The monoisotopic (exact) mass is 649 g/mol. The van der Waals surface area contributed by atoms with Gasteiger partial charge in [-0.3, -0.25) is 0 Å². The van der Waals surface area contributed by atoms with E-state index in [1.165, 1.54) is 0 Å². The lowest BCUT2D eigenvalue weighted by molar-refractivity contribution is 0.406. The molecule has 50 heavy (non-hydrogen) atoms. The Kier molecular flexibility index (Phi) is 7.33. The Morgan fingerprint density at radius 3 is 1.14 bits per heavy atom. The maximum atomic E-state index is 6.46. The van der Waals surface area contributed by atoms with Crippen LogP contribution in [0.3, 0.4) is 0 Å². The van der Waals surface area contributed by atoms with Crippen molar-refractivity contribution in [2.75, 3.05) is 0 Å². The van der Waals surface area contributed by atoms with Gasteiger partial charge in [0.05, 0.1) is 22.1 Å². The standard InChI is InChI=1S/C43H27N3O4/c1-5-16-29(17-6-1)47-37-26-34-39-33(25-28-15-13-14-24-36(28)44-39)40-35(41(34)46-43(37)50-32-22-11-4-12-23-32)27-38(48-30-18-7-2-8-19-30)42(45-40)49-31-20-9-3-10-21-31/h1-27H. The molecule has 0 aliphatic rings. The van der Waals surface area contributed by atoms with E-state index in [0.29, 0.717) is 57.3 Å². The van der Waals surface area contributed by atoms with E-state index in [1.54, 1.807) is 0 Å². The summed E-state index contributed by atoms with van der Waals surface area (Å²) in [5.41, 5.74) is 2.85. The average Bonchev–Trinajstić information content (AvgIpc) is 3.17. The van der Waals surface area contributed by atoms with Crippen molar-refractivity contribution < 1.29 is 18.9 Å². The minimum atomic E-state index is 0.295. The largest absolute Gasteiger partial charge is 0.452 e. The molecule has 0 bridgehead atoms. The van der Waals surface area contributed by atoms with Crippen molar-refractivity contribution in [3.05, 3.63) is 164 Å². The van der Waals surface area contributed by atoms with E-state index in [-0.39, 0.29) is 0 Å². The molecule has 0 saturated carbocycles. The molecule has 0 unspecified atom stereocenters. The van der Waals surface area contributed by atoms with Crippen molar-refractivity contribution in [1.82, 2.24) is 15.0 Å². The molecular weight excluding hydrogens is 622 g/mol. The van der Waals surface area contributed by atoms with Crippen LogP contribution in [-0.4, -0.2) is 15.0 Å². The average molecular weight is 650 g/mol. The number of para-hydroxylation sites is 5. The van der Waals surface area contributed by atoms with Gasteiger partial charge >= 0.3 is 0 Å². The second-order valence-electron chi connectivity index (χ2n) is 11.6. The fourth-order valence-corrected chi connectivity index (χ4v) is 5.95. The summed E-state index contributed by atoms with van der Waals surface area (Å²) in [5, 5.41) is 3.32. The summed E-state index contributed by atoms with van der Waals surface area (Å²) in [6.07, 6.45) is 0. The second-order valence-corrected chi connectivity index (χ2v) is 11.6. The van der Waals surface area contributed by atoms with Crippen LogP contribution in [0.15, 0.2) is 164 Å². The van der Waals surface area contributed by atoms with Crippen molar-refractivity contribution >= 4 is 43.6 Å². The molecule has 3 heterocycles. The topological polar surface area (TPSA) is 75.6 Å². The molecular formula is C43H27N3O4. The van der Waals surface area contributed by atoms with Gasteiger partial charge in [0.1, 0.15) is 23.0 Å². The quantitative estimate of drug-likeness (QED) is 0.120. The zero-order valence-electron chi connectivity index (χ0n) is 26.6. The minimum Gasteiger partial charge on any atom is -0.452 e. The van der Waals surface area contributed by atoms with Crippen LogP contribution in [0.25, 0.3) is 43.6 Å². The van der Waals surface area contributed by atoms with Crippen molar-refractivity contribution in [1.29, 1.82) is 0 Å². The van der Waals surface area contributed by atoms with E-state index in [1.807, 2.05) is 158 Å². The number of aromatic nitrogens is 3. The highest BCUT2D eigenvalue weighted by molar-refractivity contribution is 6.24. The third-order valence-electron chi connectivity index (χ3n) is 8.26. The molecule has 0 N–H and O–H groups in total. The van der Waals surface area contributed by atoms with Gasteiger partial charge in [-0.05, 0) is 72.8 Å². The summed E-state index contributed by atoms with van der Waals surface area (Å²) in [5.74, 6) is 4.03. The predicted molar refractivity (Wildman–Crippen MR) is 196 cm³/mol. The first-order chi connectivity index (χ1) is 24.7. The predicted octanol–water partition coefficient (Wildman–Crippen LogP) is 11.7. The van der Waals surface area contributed by atoms with Crippen LogP contribution in [0.1, 0.15) is 0 Å². The Morgan fingerprint density at radius 1 is 0.320 bits per heavy atom. The van der Waals surface area contributed by atoms with Crippen molar-refractivity contribution in [2.45, 2.75) is 0 Å². The molecule has 238 valence electrons. The lowest BCUT2D eigenvalue weighted by Crippen LogP contribution is -1.99. The molecule has 3 aromatic heterocycles. The van der Waals surface area contributed by atoms with E-state index in [0.717, 1.165) is 32.6 Å². The molecule has 7 nitrogen and oxygen atoms in total. The summed E-state index contributed by atoms with van der Waals surface area (Å²) in [6, 6.07) is 52.2. The van der Waals surface area contributed by atoms with E-state index in [2.05, 4.69) is 6.07 Å². The summed E-state index contributed by atoms with van der Waals surface area (Å²) in [4.78, 5) is 15.5. The summed E-state index contributed by atoms with van der Waals surface area (Å²) in [6.45, 7) is 0. The summed E-state index contributed by atoms with van der Waals surface area (Å²) in [7, 11) is 0. The van der Waals surface area contributed by atoms with Crippen LogP contribution in [0.2, 0.25) is 0 Å². The summed E-state index contributed by atoms with van der Waals surface area (Å²) >= 11 is 0. The molecule has 0 saturated heterocycles. The smallest absolute Gasteiger partial charge is 0.263 e. The first kappa shape index (κ1) is 29.2. The van der Waals surface area contributed by atoms with Crippen molar-refractivity contribution in [2.24, 2.45) is 0 Å². The second kappa shape index (κ2) is 12.6. The van der Waals surface area contributed by atoms with Gasteiger partial charge in [0.2, 0.25) is 0 Å². The normalized spacial score (nSPS) is 11.2. The molecule has 0 radical (unpaired) electrons. The molecule has 9 rings (SSSR count). The SMILES string of the molecule is c1ccc(Oc2cc3c(nc2Oc2ccccc2)c2cc(Oc4ccccc4)c(Oc4ccccc4)nc2c2cc4ccccc4nc32)cc1. The van der Waals surface area contributed by atoms with Gasteiger partial charge < -0.3 is 18.9 Å². The van der Waals surface area contributed by atoms with Crippen LogP contribution in [0.5, 0.6) is 46.3 Å². The Labute approximate surface area is 286 Å². The lowest BCUT2D eigenvalue weighted by Gasteiger charge is -2.17. The number of rotatable bonds is 8. The van der Waals surface area contributed by atoms with E-state index < -0.39 is 0 Å². The molecule has 0 spiro atoms. The molecule has 0 fully saturated rings. The van der Waals surface area contributed by atoms with Gasteiger partial charge in [-0.1, -0.05) is 91.0 Å². The zero-order chi connectivity index (χ0) is 33.3. The van der Waals surface area contributed by atoms with Gasteiger partial charge in [0, 0.05) is 21.5 Å². The maximum absolute atomic E-state index is 6.46. The fraction of sp³-hybridized carbons (Fsp3) is 0. The van der Waals surface area contributed by atoms with Crippen molar-refractivity contribution in [3.8, 4) is 46.3 Å². The third kappa shape index (κ3) is 5.63. The molecule has 0 aliphatic heterocycles. The maximum Gasteiger partial charge on any atom is 0.263 e. The van der Waals surface area contributed by atoms with Crippen LogP contribution < -0.4 is 18.9 Å². The van der Waals surface area contributed by atoms with Gasteiger partial charge in [0.25, 0.3) is 11.8 Å². The highest BCUT2D eigenvalue weighted by Crippen LogP contribution is 2.44. The highest BCUT2D eigenvalue weighted by atomic mass is 16.5. The third-order valence-corrected chi connectivity index (χ3v) is 8.26. The molecule has 0 atom stereocenters. The molecule has 9 aromatic rings. The molecule has 6 aromatic carbocycles. The summed E-state index contributed by atoms with van der Waals surface area (Å²) < 4.78 is 25.7. The number of benzene rings is 6. The minimum absolute atomic E-state index is 0.295. The number of nitrogens with zero attached hydrogens (tertiary/aromatic N) is 3. The number of fused-ring (bicyclic) bond motifs is 7. The Morgan fingerprint density at radius 2 is 0.680 bits per heavy atom. The molecule has 0 amide bonds. The molecule has 7 heteroatoms. The first-order valence-electron chi connectivity index (χ1n) is 16.2. The lowest BCUT2D eigenvalue weighted by atomic mass is 10.0. The molecule has 0 aliphatic carbocycles. The first-order valence-corrected chi connectivity index (χ1v) is 16.2. The van der Waals surface area contributed by atoms with Gasteiger partial charge in [-0.2, -0.15) is 0 Å². The van der Waals surface area contributed by atoms with Crippen LogP contribution in [0.4, 0.5) is 0 Å². The van der Waals surface area contributed by atoms with E-state index in [4.69, 9.17) is 33.9 Å². The van der Waals surface area contributed by atoms with E-state index >= 15 is 0 Å². The van der Waals surface area contributed by atoms with E-state index in [9.17, 15) is 0 Å². The Bertz CT molecular complexity index is 2450. The number of pyridine rings is 3. The van der Waals surface area contributed by atoms with Crippen LogP contribution in [0, 0.1) is 0 Å². The fourth-order valence-electron chi connectivity index (χ4n) is 5.95. The number of hydrogen-bond donors (Lipinski definition) is 0. The van der Waals surface area contributed by atoms with Crippen LogP contribution >= 0.6 is 0 Å². The Balaban J connectivity index is 1.36. The Hall–Kier alpha value is -6.99. The highest BCUT2D eigenvalue weighted by Gasteiger charge is 2.22. The van der Waals surface area contributed by atoms with Crippen LogP contribution in [-0.2, 0) is 0 Å². The zero-order valence-corrected chi connectivity index (χ0v) is 26.6. The van der Waals surface area contributed by atoms with Crippen molar-refractivity contribution in [3.63, 3.8) is 0 Å².